The summed E-state index contributed by atoms with van der Waals surface area (Å²) in [6.07, 6.45) is -4.62. The maximum Gasteiger partial charge on any atom is 0.417 e. The molecule has 3 rings (SSSR count). The summed E-state index contributed by atoms with van der Waals surface area (Å²) in [6.45, 7) is 0. The van der Waals surface area contributed by atoms with Gasteiger partial charge in [-0.3, -0.25) is 4.79 Å². The minimum Gasteiger partial charge on any atom is -0.496 e. The van der Waals surface area contributed by atoms with Gasteiger partial charge in [-0.25, -0.2) is 0 Å². The monoisotopic (exact) mass is 485 g/mol. The largest absolute Gasteiger partial charge is 0.496 e. The Labute approximate surface area is 191 Å². The van der Waals surface area contributed by atoms with Crippen LogP contribution in [0, 0.1) is 0 Å². The molecule has 0 spiro atoms. The van der Waals surface area contributed by atoms with E-state index in [1.54, 1.807) is 30.3 Å². The van der Waals surface area contributed by atoms with Crippen molar-refractivity contribution in [3.8, 4) is 5.75 Å². The molecule has 0 bridgehead atoms. The SMILES string of the molecule is COc1ccc(C(=O)Nc2ccc(Cl)c(C(F)(F)F)c2)cc1CSc1ccc(Cl)cc1. The third kappa shape index (κ3) is 6.09. The molecule has 3 nitrogen and oxygen atoms in total. The van der Waals surface area contributed by atoms with E-state index >= 15 is 0 Å². The van der Waals surface area contributed by atoms with E-state index in [1.807, 2.05) is 12.1 Å². The number of hydrogen-bond acceptors (Lipinski definition) is 3. The minimum atomic E-state index is -4.62. The lowest BCUT2D eigenvalue weighted by molar-refractivity contribution is -0.137. The maximum atomic E-state index is 13.1. The molecule has 3 aromatic rings. The van der Waals surface area contributed by atoms with Gasteiger partial charge >= 0.3 is 6.18 Å². The van der Waals surface area contributed by atoms with Crippen LogP contribution >= 0.6 is 35.0 Å². The van der Waals surface area contributed by atoms with Gasteiger partial charge in [0.2, 0.25) is 0 Å². The topological polar surface area (TPSA) is 38.3 Å². The van der Waals surface area contributed by atoms with Crippen LogP contribution in [0.3, 0.4) is 0 Å². The van der Waals surface area contributed by atoms with E-state index in [-0.39, 0.29) is 11.3 Å². The van der Waals surface area contributed by atoms with Gasteiger partial charge in [0.15, 0.2) is 0 Å². The van der Waals surface area contributed by atoms with Crippen LogP contribution in [0.2, 0.25) is 10.0 Å². The number of hydrogen-bond donors (Lipinski definition) is 1. The van der Waals surface area contributed by atoms with Gasteiger partial charge in [-0.15, -0.1) is 11.8 Å². The number of amides is 1. The zero-order valence-corrected chi connectivity index (χ0v) is 18.4. The van der Waals surface area contributed by atoms with Crippen molar-refractivity contribution in [2.75, 3.05) is 12.4 Å². The summed E-state index contributed by atoms with van der Waals surface area (Å²) in [7, 11) is 1.53. The third-order valence-electron chi connectivity index (χ3n) is 4.28. The summed E-state index contributed by atoms with van der Waals surface area (Å²) in [5.74, 6) is 0.574. The molecule has 0 unspecified atom stereocenters. The number of thioether (sulfide) groups is 1. The number of benzene rings is 3. The van der Waals surface area contributed by atoms with Crippen LogP contribution < -0.4 is 10.1 Å². The van der Waals surface area contributed by atoms with Gasteiger partial charge in [0.05, 0.1) is 17.7 Å². The number of rotatable bonds is 6. The number of methoxy groups -OCH3 is 1. The van der Waals surface area contributed by atoms with Crippen LogP contribution in [0.5, 0.6) is 5.75 Å². The molecule has 0 aliphatic rings. The maximum absolute atomic E-state index is 13.1. The molecule has 3 aromatic carbocycles. The molecule has 0 aliphatic carbocycles. The van der Waals surface area contributed by atoms with Gasteiger partial charge in [0.25, 0.3) is 5.91 Å². The fourth-order valence-corrected chi connectivity index (χ4v) is 3.98. The molecule has 0 aromatic heterocycles. The average molecular weight is 486 g/mol. The molecule has 9 heteroatoms. The van der Waals surface area contributed by atoms with Crippen molar-refractivity contribution >= 4 is 46.6 Å². The van der Waals surface area contributed by atoms with Gasteiger partial charge in [-0.2, -0.15) is 13.2 Å². The summed E-state index contributed by atoms with van der Waals surface area (Å²) < 4.78 is 44.5. The van der Waals surface area contributed by atoms with Gasteiger partial charge in [0, 0.05) is 32.5 Å². The van der Waals surface area contributed by atoms with E-state index < -0.39 is 22.7 Å². The summed E-state index contributed by atoms with van der Waals surface area (Å²) in [5.41, 5.74) is 0.0367. The Kier molecular flexibility index (Phi) is 7.41. The first kappa shape index (κ1) is 23.3. The first-order valence-corrected chi connectivity index (χ1v) is 10.6. The molecule has 0 saturated heterocycles. The Bertz CT molecular complexity index is 1090. The van der Waals surface area contributed by atoms with Crippen LogP contribution in [0.25, 0.3) is 0 Å². The molecule has 1 N–H and O–H groups in total. The molecule has 0 fully saturated rings. The number of nitrogens with one attached hydrogen (secondary N) is 1. The van der Waals surface area contributed by atoms with Crippen molar-refractivity contribution in [1.82, 2.24) is 0 Å². The van der Waals surface area contributed by atoms with Crippen LogP contribution in [-0.2, 0) is 11.9 Å². The number of anilines is 1. The Morgan fingerprint density at radius 2 is 1.74 bits per heavy atom. The fourth-order valence-electron chi connectivity index (χ4n) is 2.75. The van der Waals surface area contributed by atoms with Crippen molar-refractivity contribution < 1.29 is 22.7 Å². The van der Waals surface area contributed by atoms with Crippen LogP contribution in [0.1, 0.15) is 21.5 Å². The summed E-state index contributed by atoms with van der Waals surface area (Å²) >= 11 is 13.1. The summed E-state index contributed by atoms with van der Waals surface area (Å²) in [5, 5.41) is 2.68. The van der Waals surface area contributed by atoms with Crippen molar-refractivity contribution in [2.45, 2.75) is 16.8 Å². The standard InChI is InChI=1S/C22H16Cl2F3NO2S/c1-30-20-9-2-13(10-14(20)12-31-17-6-3-15(23)4-7-17)21(29)28-16-5-8-19(24)18(11-16)22(25,26)27/h2-11H,12H2,1H3,(H,28,29). The zero-order valence-electron chi connectivity index (χ0n) is 16.1. The van der Waals surface area contributed by atoms with Gasteiger partial charge in [0.1, 0.15) is 5.75 Å². The van der Waals surface area contributed by atoms with Crippen LogP contribution in [0.15, 0.2) is 65.6 Å². The molecule has 0 atom stereocenters. The highest BCUT2D eigenvalue weighted by Gasteiger charge is 2.33. The number of ether oxygens (including phenoxy) is 1. The highest BCUT2D eigenvalue weighted by Crippen LogP contribution is 2.36. The van der Waals surface area contributed by atoms with E-state index in [0.717, 1.165) is 22.6 Å². The molecule has 0 aliphatic heterocycles. The van der Waals surface area contributed by atoms with Crippen molar-refractivity contribution in [1.29, 1.82) is 0 Å². The highest BCUT2D eigenvalue weighted by atomic mass is 35.5. The van der Waals surface area contributed by atoms with E-state index in [4.69, 9.17) is 27.9 Å². The smallest absolute Gasteiger partial charge is 0.417 e. The van der Waals surface area contributed by atoms with E-state index in [0.29, 0.717) is 16.5 Å². The average Bonchev–Trinajstić information content (AvgIpc) is 2.73. The first-order valence-electron chi connectivity index (χ1n) is 8.91. The second kappa shape index (κ2) is 9.85. The molecule has 0 heterocycles. The van der Waals surface area contributed by atoms with Crippen molar-refractivity contribution in [3.05, 3.63) is 87.4 Å². The number of carbonyl (C=O) groups excluding carboxylic acids is 1. The van der Waals surface area contributed by atoms with Gasteiger partial charge < -0.3 is 10.1 Å². The van der Waals surface area contributed by atoms with Crippen molar-refractivity contribution in [2.24, 2.45) is 0 Å². The van der Waals surface area contributed by atoms with Crippen LogP contribution in [0.4, 0.5) is 18.9 Å². The minimum absolute atomic E-state index is 0.00497. The first-order chi connectivity index (χ1) is 14.7. The lowest BCUT2D eigenvalue weighted by Crippen LogP contribution is -2.14. The Morgan fingerprint density at radius 1 is 1.03 bits per heavy atom. The van der Waals surface area contributed by atoms with Gasteiger partial charge in [-0.05, 0) is 60.7 Å². The molecule has 1 amide bonds. The predicted molar refractivity (Wildman–Crippen MR) is 118 cm³/mol. The lowest BCUT2D eigenvalue weighted by Gasteiger charge is -2.13. The number of halogens is 5. The van der Waals surface area contributed by atoms with Crippen LogP contribution in [-0.4, -0.2) is 13.0 Å². The molecular formula is C22H16Cl2F3NO2S. The zero-order chi connectivity index (χ0) is 22.6. The quantitative estimate of drug-likeness (QED) is 0.366. The Hall–Kier alpha value is -2.35. The van der Waals surface area contributed by atoms with E-state index in [9.17, 15) is 18.0 Å². The fraction of sp³-hybridized carbons (Fsp3) is 0.136. The van der Waals surface area contributed by atoms with E-state index in [1.165, 1.54) is 24.9 Å². The highest BCUT2D eigenvalue weighted by molar-refractivity contribution is 7.98. The normalized spacial score (nSPS) is 11.3. The summed E-state index contributed by atoms with van der Waals surface area (Å²) in [4.78, 5) is 13.6. The molecule has 0 radical (unpaired) electrons. The lowest BCUT2D eigenvalue weighted by atomic mass is 10.1. The summed E-state index contributed by atoms with van der Waals surface area (Å²) in [6, 6.07) is 15.4. The Morgan fingerprint density at radius 3 is 2.39 bits per heavy atom. The van der Waals surface area contributed by atoms with E-state index in [2.05, 4.69) is 5.32 Å². The van der Waals surface area contributed by atoms with Crippen molar-refractivity contribution in [3.63, 3.8) is 0 Å². The molecule has 31 heavy (non-hydrogen) atoms. The number of carbonyl (C=O) groups is 1. The molecule has 162 valence electrons. The second-order valence-electron chi connectivity index (χ2n) is 6.42. The Balaban J connectivity index is 1.78. The third-order valence-corrected chi connectivity index (χ3v) is 5.92. The second-order valence-corrected chi connectivity index (χ2v) is 8.31. The number of alkyl halides is 3. The molecular weight excluding hydrogens is 470 g/mol. The van der Waals surface area contributed by atoms with Gasteiger partial charge in [-0.1, -0.05) is 23.2 Å². The molecule has 0 saturated carbocycles. The predicted octanol–water partition coefficient (Wildman–Crippen LogP) is 7.57.